The molecule has 1 atom stereocenters. The number of allylic oxidation sites excluding steroid dienone is 1. The maximum absolute atomic E-state index is 13.7. The first-order valence-corrected chi connectivity index (χ1v) is 9.16. The van der Waals surface area contributed by atoms with Crippen molar-refractivity contribution in [2.75, 3.05) is 11.1 Å². The molecule has 5 N–H and O–H groups in total. The Morgan fingerprint density at radius 1 is 1.17 bits per heavy atom. The third-order valence-electron chi connectivity index (χ3n) is 4.90. The summed E-state index contributed by atoms with van der Waals surface area (Å²) in [4.78, 5) is 3.31. The van der Waals surface area contributed by atoms with Crippen LogP contribution in [0.3, 0.4) is 0 Å². The zero-order valence-electron chi connectivity index (χ0n) is 16.5. The summed E-state index contributed by atoms with van der Waals surface area (Å²) in [6.45, 7) is 10.5. The fourth-order valence-corrected chi connectivity index (χ4v) is 3.11. The van der Waals surface area contributed by atoms with E-state index >= 15 is 0 Å². The van der Waals surface area contributed by atoms with Gasteiger partial charge in [0, 0.05) is 17.8 Å². The van der Waals surface area contributed by atoms with Crippen LogP contribution < -0.4 is 21.5 Å². The maximum atomic E-state index is 13.7. The van der Waals surface area contributed by atoms with Gasteiger partial charge in [-0.3, -0.25) is 0 Å². The van der Waals surface area contributed by atoms with Crippen molar-refractivity contribution in [3.63, 3.8) is 0 Å². The molecule has 0 saturated carbocycles. The average molecular weight is 414 g/mol. The predicted octanol–water partition coefficient (Wildman–Crippen LogP) is 5.91. The van der Waals surface area contributed by atoms with Crippen molar-refractivity contribution in [3.05, 3.63) is 76.4 Å². The highest BCUT2D eigenvalue weighted by atomic mass is 19.4. The van der Waals surface area contributed by atoms with Crippen molar-refractivity contribution in [2.45, 2.75) is 32.5 Å². The smallest absolute Gasteiger partial charge is 0.420 e. The van der Waals surface area contributed by atoms with E-state index < -0.39 is 11.7 Å². The summed E-state index contributed by atoms with van der Waals surface area (Å²) in [5.74, 6) is -0.0374. The van der Waals surface area contributed by atoms with E-state index in [1.807, 2.05) is 6.08 Å². The van der Waals surface area contributed by atoms with Crippen molar-refractivity contribution >= 4 is 22.7 Å². The van der Waals surface area contributed by atoms with Gasteiger partial charge < -0.3 is 21.5 Å². The second kappa shape index (κ2) is 8.13. The fourth-order valence-electron chi connectivity index (χ4n) is 3.11. The van der Waals surface area contributed by atoms with E-state index in [1.54, 1.807) is 38.1 Å². The first-order valence-electron chi connectivity index (χ1n) is 9.16. The molecule has 30 heavy (non-hydrogen) atoms. The van der Waals surface area contributed by atoms with Crippen molar-refractivity contribution in [1.82, 2.24) is 0 Å². The molecule has 0 fully saturated rings. The van der Waals surface area contributed by atoms with Crippen LogP contribution in [-0.4, -0.2) is 6.04 Å². The molecule has 1 unspecified atom stereocenters. The van der Waals surface area contributed by atoms with Gasteiger partial charge in [0.05, 0.1) is 17.9 Å². The summed E-state index contributed by atoms with van der Waals surface area (Å²) in [7, 11) is 0. The Kier molecular flexibility index (Phi) is 5.76. The minimum atomic E-state index is -4.65. The minimum Gasteiger partial charge on any atom is -0.456 e. The van der Waals surface area contributed by atoms with Gasteiger partial charge in [0.15, 0.2) is 5.69 Å². The van der Waals surface area contributed by atoms with E-state index in [0.29, 0.717) is 29.1 Å². The molecule has 0 heterocycles. The fraction of sp³-hybridized carbons (Fsp3) is 0.227. The molecule has 5 nitrogen and oxygen atoms in total. The molecule has 8 heteroatoms. The predicted molar refractivity (Wildman–Crippen MR) is 112 cm³/mol. The summed E-state index contributed by atoms with van der Waals surface area (Å²) in [5.41, 5.74) is 13.6. The van der Waals surface area contributed by atoms with Gasteiger partial charge in [-0.1, -0.05) is 18.2 Å². The van der Waals surface area contributed by atoms with Crippen LogP contribution in [0.1, 0.15) is 25.8 Å². The Labute approximate surface area is 172 Å². The van der Waals surface area contributed by atoms with E-state index in [0.717, 1.165) is 11.6 Å². The van der Waals surface area contributed by atoms with Crippen molar-refractivity contribution < 1.29 is 17.9 Å². The van der Waals surface area contributed by atoms with Crippen LogP contribution in [-0.2, 0) is 6.18 Å². The molecule has 0 saturated heterocycles. The number of nitrogen functional groups attached to an aromatic ring is 1. The zero-order chi connectivity index (χ0) is 22.1. The Morgan fingerprint density at radius 3 is 2.43 bits per heavy atom. The van der Waals surface area contributed by atoms with Gasteiger partial charge in [-0.25, -0.2) is 4.85 Å². The van der Waals surface area contributed by atoms with Gasteiger partial charge in [-0.2, -0.15) is 13.2 Å². The number of hydrogen-bond donors (Lipinski definition) is 3. The van der Waals surface area contributed by atoms with Crippen LogP contribution in [0, 0.1) is 6.57 Å². The van der Waals surface area contributed by atoms with Crippen LogP contribution in [0.2, 0.25) is 0 Å². The van der Waals surface area contributed by atoms with E-state index in [4.69, 9.17) is 22.8 Å². The van der Waals surface area contributed by atoms with E-state index in [1.165, 1.54) is 6.07 Å². The molecule has 0 bridgehead atoms. The largest absolute Gasteiger partial charge is 0.456 e. The standard InChI is InChI=1S/C22H21F3N4O/c1-12-4-9-17(26)13(2)21(12)30-20-11-19(18(27)10-16(20)22(23,24)25)29-15-7-5-14(28-3)6-8-15/h4-8,10-11,17,29H,9,26-27H2,1-2H3. The SMILES string of the molecule is [C-]#[N+]c1ccc(Nc2cc(OC3=C(C)C(N)CC=C3C)c(C(F)(F)F)cc2N)cc1. The van der Waals surface area contributed by atoms with Crippen LogP contribution in [0.25, 0.3) is 4.85 Å². The molecule has 1 aliphatic carbocycles. The van der Waals surface area contributed by atoms with Gasteiger partial charge >= 0.3 is 6.18 Å². The average Bonchev–Trinajstić information content (AvgIpc) is 2.70. The van der Waals surface area contributed by atoms with Crippen molar-refractivity contribution in [2.24, 2.45) is 5.73 Å². The molecule has 0 radical (unpaired) electrons. The third-order valence-corrected chi connectivity index (χ3v) is 4.90. The highest BCUT2D eigenvalue weighted by Gasteiger charge is 2.36. The third kappa shape index (κ3) is 4.42. The number of anilines is 3. The van der Waals surface area contributed by atoms with Crippen LogP contribution in [0.4, 0.5) is 35.9 Å². The lowest BCUT2D eigenvalue weighted by Crippen LogP contribution is -2.26. The number of nitrogens with zero attached hydrogens (tertiary/aromatic N) is 1. The summed E-state index contributed by atoms with van der Waals surface area (Å²) in [6, 6.07) is 8.25. The van der Waals surface area contributed by atoms with Crippen LogP contribution >= 0.6 is 0 Å². The lowest BCUT2D eigenvalue weighted by Gasteiger charge is -2.25. The number of nitrogens with two attached hydrogens (primary N) is 2. The number of hydrogen-bond acceptors (Lipinski definition) is 4. The normalized spacial score (nSPS) is 16.7. The van der Waals surface area contributed by atoms with Gasteiger partial charge in [0.2, 0.25) is 0 Å². The number of benzene rings is 2. The first-order chi connectivity index (χ1) is 14.1. The van der Waals surface area contributed by atoms with Gasteiger partial charge in [-0.15, -0.1) is 0 Å². The second-order valence-electron chi connectivity index (χ2n) is 7.06. The Hall–Kier alpha value is -3.44. The van der Waals surface area contributed by atoms with E-state index in [9.17, 15) is 13.2 Å². The Morgan fingerprint density at radius 2 is 1.83 bits per heavy atom. The summed E-state index contributed by atoms with van der Waals surface area (Å²) in [5, 5.41) is 2.98. The molecule has 1 aliphatic rings. The first kappa shape index (κ1) is 21.3. The van der Waals surface area contributed by atoms with Crippen LogP contribution in [0.15, 0.2) is 59.4 Å². The second-order valence-corrected chi connectivity index (χ2v) is 7.06. The quantitative estimate of drug-likeness (QED) is 0.429. The van der Waals surface area contributed by atoms with Crippen molar-refractivity contribution in [3.8, 4) is 5.75 Å². The minimum absolute atomic E-state index is 0.0813. The monoisotopic (exact) mass is 414 g/mol. The topological polar surface area (TPSA) is 77.7 Å². The lowest BCUT2D eigenvalue weighted by molar-refractivity contribution is -0.138. The number of halogens is 3. The van der Waals surface area contributed by atoms with Gasteiger partial charge in [0.25, 0.3) is 0 Å². The van der Waals surface area contributed by atoms with Gasteiger partial charge in [0.1, 0.15) is 17.1 Å². The van der Waals surface area contributed by atoms with E-state index in [-0.39, 0.29) is 23.2 Å². The molecular formula is C22H21F3N4O. The van der Waals surface area contributed by atoms with Crippen LogP contribution in [0.5, 0.6) is 5.75 Å². The molecule has 156 valence electrons. The molecule has 0 aromatic heterocycles. The Balaban J connectivity index is 2.04. The number of rotatable bonds is 4. The highest BCUT2D eigenvalue weighted by Crippen LogP contribution is 2.42. The molecule has 2 aromatic rings. The summed E-state index contributed by atoms with van der Waals surface area (Å²) >= 11 is 0. The zero-order valence-corrected chi connectivity index (χ0v) is 16.5. The molecular weight excluding hydrogens is 393 g/mol. The lowest BCUT2D eigenvalue weighted by atomic mass is 9.95. The molecule has 0 spiro atoms. The summed E-state index contributed by atoms with van der Waals surface area (Å²) < 4.78 is 46.7. The van der Waals surface area contributed by atoms with E-state index in [2.05, 4.69) is 10.2 Å². The highest BCUT2D eigenvalue weighted by molar-refractivity contribution is 5.76. The molecule has 2 aromatic carbocycles. The number of alkyl halides is 3. The molecule has 0 aliphatic heterocycles. The Bertz CT molecular complexity index is 1060. The van der Waals surface area contributed by atoms with Crippen molar-refractivity contribution in [1.29, 1.82) is 0 Å². The number of nitrogens with one attached hydrogen (secondary N) is 1. The number of ether oxygens (including phenoxy) is 1. The van der Waals surface area contributed by atoms with Gasteiger partial charge in [-0.05, 0) is 49.6 Å². The molecule has 3 rings (SSSR count). The maximum Gasteiger partial charge on any atom is 0.420 e. The molecule has 0 amide bonds. The summed E-state index contributed by atoms with van der Waals surface area (Å²) in [6.07, 6.45) is -2.20.